The monoisotopic (exact) mass is 496 g/mol. The van der Waals surface area contributed by atoms with Crippen LogP contribution in [0.5, 0.6) is 5.75 Å². The van der Waals surface area contributed by atoms with Crippen LogP contribution in [0.25, 0.3) is 5.69 Å². The third-order valence-electron chi connectivity index (χ3n) is 4.25. The van der Waals surface area contributed by atoms with Crippen LogP contribution in [-0.4, -0.2) is 35.4 Å². The van der Waals surface area contributed by atoms with Gasteiger partial charge in [-0.1, -0.05) is 23.2 Å². The number of methoxy groups -OCH3 is 2. The van der Waals surface area contributed by atoms with Gasteiger partial charge in [0.1, 0.15) is 17.2 Å². The number of esters is 1. The molecule has 0 fully saturated rings. The van der Waals surface area contributed by atoms with E-state index in [0.29, 0.717) is 4.57 Å². The van der Waals surface area contributed by atoms with E-state index in [2.05, 4.69) is 4.74 Å². The number of rotatable bonds is 6. The normalized spacial score (nSPS) is 13.0. The Bertz CT molecular complexity index is 1190. The second-order valence-corrected chi connectivity index (χ2v) is 7.13. The van der Waals surface area contributed by atoms with Crippen LogP contribution in [0.3, 0.4) is 0 Å². The standard InChI is InChI=1S/C19H17Cl2F3N2O6/c1-9(13(30-3)7-17(28)31-4)32-14-6-12(10(20)5-11(14)21)26-16(27)8-15(19(22,23)24)25(2)18(26)29/h5-9H,1-4H3/b13-7+. The van der Waals surface area contributed by atoms with Gasteiger partial charge in [-0.2, -0.15) is 13.2 Å². The van der Waals surface area contributed by atoms with Gasteiger partial charge in [0.05, 0.1) is 36.0 Å². The number of aromatic nitrogens is 2. The minimum atomic E-state index is -4.91. The van der Waals surface area contributed by atoms with E-state index in [4.69, 9.17) is 32.7 Å². The smallest absolute Gasteiger partial charge is 0.431 e. The molecule has 0 aliphatic carbocycles. The molecule has 1 unspecified atom stereocenters. The van der Waals surface area contributed by atoms with E-state index in [0.717, 1.165) is 25.3 Å². The maximum absolute atomic E-state index is 13.1. The molecule has 1 atom stereocenters. The third kappa shape index (κ3) is 5.28. The van der Waals surface area contributed by atoms with Crippen LogP contribution >= 0.6 is 23.2 Å². The lowest BCUT2D eigenvalue weighted by Gasteiger charge is -2.19. The molecule has 0 bridgehead atoms. The number of carbonyl (C=O) groups excluding carboxylic acids is 1. The Hall–Kier alpha value is -2.92. The Kier molecular flexibility index (Phi) is 7.68. The molecule has 32 heavy (non-hydrogen) atoms. The largest absolute Gasteiger partial charge is 0.497 e. The summed E-state index contributed by atoms with van der Waals surface area (Å²) >= 11 is 12.2. The third-order valence-corrected chi connectivity index (χ3v) is 4.85. The Morgan fingerprint density at radius 2 is 1.72 bits per heavy atom. The Morgan fingerprint density at radius 3 is 2.25 bits per heavy atom. The van der Waals surface area contributed by atoms with Crippen LogP contribution in [0.4, 0.5) is 13.2 Å². The highest BCUT2D eigenvalue weighted by molar-refractivity contribution is 6.36. The number of hydrogen-bond donors (Lipinski definition) is 0. The van der Waals surface area contributed by atoms with E-state index in [1.54, 1.807) is 0 Å². The Labute approximate surface area is 189 Å². The minimum absolute atomic E-state index is 0.0316. The van der Waals surface area contributed by atoms with Crippen LogP contribution in [-0.2, 0) is 27.5 Å². The highest BCUT2D eigenvalue weighted by Gasteiger charge is 2.35. The van der Waals surface area contributed by atoms with Crippen molar-refractivity contribution >= 4 is 29.2 Å². The van der Waals surface area contributed by atoms with E-state index < -0.39 is 35.2 Å². The summed E-state index contributed by atoms with van der Waals surface area (Å²) in [6.45, 7) is 1.51. The van der Waals surface area contributed by atoms with E-state index in [9.17, 15) is 27.6 Å². The SMILES string of the molecule is COC(=O)/C=C(/OC)C(C)Oc1cc(-n2c(=O)cc(C(F)(F)F)n(C)c2=O)c(Cl)cc1Cl. The number of hydrogen-bond acceptors (Lipinski definition) is 6. The van der Waals surface area contributed by atoms with Crippen molar-refractivity contribution in [3.05, 3.63) is 66.6 Å². The molecule has 174 valence electrons. The van der Waals surface area contributed by atoms with Gasteiger partial charge in [0, 0.05) is 19.2 Å². The average molecular weight is 497 g/mol. The van der Waals surface area contributed by atoms with Crippen molar-refractivity contribution in [3.8, 4) is 11.4 Å². The molecule has 0 radical (unpaired) electrons. The van der Waals surface area contributed by atoms with Gasteiger partial charge in [-0.3, -0.25) is 9.36 Å². The number of ether oxygens (including phenoxy) is 3. The molecule has 1 aromatic heterocycles. The van der Waals surface area contributed by atoms with Gasteiger partial charge in [-0.15, -0.1) is 0 Å². The fraction of sp³-hybridized carbons (Fsp3) is 0.316. The van der Waals surface area contributed by atoms with Crippen molar-refractivity contribution in [1.82, 2.24) is 9.13 Å². The molecule has 8 nitrogen and oxygen atoms in total. The first kappa shape index (κ1) is 25.3. The van der Waals surface area contributed by atoms with Gasteiger partial charge >= 0.3 is 17.8 Å². The first-order valence-electron chi connectivity index (χ1n) is 8.71. The van der Waals surface area contributed by atoms with Gasteiger partial charge in [0.2, 0.25) is 0 Å². The summed E-state index contributed by atoms with van der Waals surface area (Å²) in [5, 5.41) is -0.220. The fourth-order valence-electron chi connectivity index (χ4n) is 2.67. The summed E-state index contributed by atoms with van der Waals surface area (Å²) in [6.07, 6.45) is -4.77. The van der Waals surface area contributed by atoms with Gasteiger partial charge in [0.15, 0.2) is 6.10 Å². The number of alkyl halides is 3. The van der Waals surface area contributed by atoms with Crippen molar-refractivity contribution in [2.24, 2.45) is 7.05 Å². The maximum Gasteiger partial charge on any atom is 0.431 e. The lowest BCUT2D eigenvalue weighted by Crippen LogP contribution is -2.40. The van der Waals surface area contributed by atoms with Crippen LogP contribution in [0.1, 0.15) is 12.6 Å². The van der Waals surface area contributed by atoms with Crippen molar-refractivity contribution in [3.63, 3.8) is 0 Å². The summed E-state index contributed by atoms with van der Waals surface area (Å²) in [4.78, 5) is 36.4. The van der Waals surface area contributed by atoms with Gasteiger partial charge < -0.3 is 14.2 Å². The first-order chi connectivity index (χ1) is 14.8. The minimum Gasteiger partial charge on any atom is -0.497 e. The first-order valence-corrected chi connectivity index (χ1v) is 9.47. The summed E-state index contributed by atoms with van der Waals surface area (Å²) in [7, 11) is 3.32. The number of benzene rings is 1. The van der Waals surface area contributed by atoms with E-state index in [-0.39, 0.29) is 37.9 Å². The van der Waals surface area contributed by atoms with E-state index in [1.807, 2.05) is 0 Å². The molecule has 1 heterocycles. The molecule has 0 aliphatic rings. The molecule has 0 aliphatic heterocycles. The Morgan fingerprint density at radius 1 is 1.09 bits per heavy atom. The molecular formula is C19H17Cl2F3N2O6. The van der Waals surface area contributed by atoms with Gasteiger partial charge in [0.25, 0.3) is 5.56 Å². The summed E-state index contributed by atoms with van der Waals surface area (Å²) in [5.41, 5.74) is -4.21. The topological polar surface area (TPSA) is 88.8 Å². The molecule has 0 saturated carbocycles. The second kappa shape index (κ2) is 9.70. The van der Waals surface area contributed by atoms with E-state index in [1.165, 1.54) is 21.1 Å². The molecule has 1 aromatic carbocycles. The van der Waals surface area contributed by atoms with Crippen LogP contribution in [0, 0.1) is 0 Å². The Balaban J connectivity index is 2.61. The summed E-state index contributed by atoms with van der Waals surface area (Å²) in [6, 6.07) is 2.54. The number of nitrogens with zero attached hydrogens (tertiary/aromatic N) is 2. The highest BCUT2D eigenvalue weighted by atomic mass is 35.5. The number of carbonyl (C=O) groups is 1. The van der Waals surface area contributed by atoms with Crippen LogP contribution < -0.4 is 16.0 Å². The van der Waals surface area contributed by atoms with Crippen molar-refractivity contribution in [1.29, 1.82) is 0 Å². The number of halogens is 5. The van der Waals surface area contributed by atoms with Crippen molar-refractivity contribution < 1.29 is 32.2 Å². The molecule has 13 heteroatoms. The second-order valence-electron chi connectivity index (χ2n) is 6.31. The van der Waals surface area contributed by atoms with Crippen LogP contribution in [0.2, 0.25) is 10.0 Å². The van der Waals surface area contributed by atoms with E-state index >= 15 is 0 Å². The molecular weight excluding hydrogens is 480 g/mol. The fourth-order valence-corrected chi connectivity index (χ4v) is 3.18. The van der Waals surface area contributed by atoms with Crippen LogP contribution in [0.15, 0.2) is 39.6 Å². The highest BCUT2D eigenvalue weighted by Crippen LogP contribution is 2.34. The van der Waals surface area contributed by atoms with Crippen molar-refractivity contribution in [2.45, 2.75) is 19.2 Å². The average Bonchev–Trinajstić information content (AvgIpc) is 2.70. The predicted molar refractivity (Wildman–Crippen MR) is 110 cm³/mol. The van der Waals surface area contributed by atoms with Crippen molar-refractivity contribution in [2.75, 3.05) is 14.2 Å². The quantitative estimate of drug-likeness (QED) is 0.346. The molecule has 0 spiro atoms. The lowest BCUT2D eigenvalue weighted by atomic mass is 10.2. The molecule has 2 aromatic rings. The maximum atomic E-state index is 13.1. The lowest BCUT2D eigenvalue weighted by molar-refractivity contribution is -0.144. The van der Waals surface area contributed by atoms with Gasteiger partial charge in [-0.25, -0.2) is 14.2 Å². The summed E-state index contributed by atoms with van der Waals surface area (Å²) in [5.74, 6) is -0.729. The molecule has 0 N–H and O–H groups in total. The zero-order valence-corrected chi connectivity index (χ0v) is 18.6. The molecule has 2 rings (SSSR count). The zero-order valence-electron chi connectivity index (χ0n) is 17.1. The predicted octanol–water partition coefficient (Wildman–Crippen LogP) is 3.33. The zero-order chi connectivity index (χ0) is 24.4. The van der Waals surface area contributed by atoms with Gasteiger partial charge in [-0.05, 0) is 13.0 Å². The summed E-state index contributed by atoms with van der Waals surface area (Å²) < 4.78 is 55.2. The molecule has 0 saturated heterocycles. The molecule has 0 amide bonds.